The van der Waals surface area contributed by atoms with Crippen LogP contribution in [-0.4, -0.2) is 22.1 Å². The highest BCUT2D eigenvalue weighted by Crippen LogP contribution is 2.38. The average molecular weight is 367 g/mol. The van der Waals surface area contributed by atoms with E-state index in [1.54, 1.807) is 6.07 Å². The van der Waals surface area contributed by atoms with Crippen molar-refractivity contribution in [1.82, 2.24) is 9.78 Å². The highest BCUT2D eigenvalue weighted by atomic mass is 19.4. The van der Waals surface area contributed by atoms with Crippen LogP contribution in [0.5, 0.6) is 5.75 Å². The standard InChI is InChI=1S/C17H16F3N3O3/c1-10(23-15(24)9-8-12(22-23)11-6-7-11)16(25)21-13-4-2-3-5-14(13)26-17(18,19)20/h2-5,8-11H,6-7H2,1H3,(H,21,25). The van der Waals surface area contributed by atoms with E-state index in [4.69, 9.17) is 0 Å². The fraction of sp³-hybridized carbons (Fsp3) is 0.353. The molecule has 9 heteroatoms. The van der Waals surface area contributed by atoms with Crippen molar-refractivity contribution in [2.45, 2.75) is 38.1 Å². The summed E-state index contributed by atoms with van der Waals surface area (Å²) < 4.78 is 42.4. The number of carbonyl (C=O) groups is 1. The first-order valence-electron chi connectivity index (χ1n) is 8.00. The Kier molecular flexibility index (Phi) is 4.71. The summed E-state index contributed by atoms with van der Waals surface area (Å²) in [5.74, 6) is -0.920. The highest BCUT2D eigenvalue weighted by Gasteiger charge is 2.32. The molecule has 0 bridgehead atoms. The van der Waals surface area contributed by atoms with Crippen molar-refractivity contribution in [3.05, 3.63) is 52.4 Å². The number of anilines is 1. The van der Waals surface area contributed by atoms with Crippen LogP contribution < -0.4 is 15.6 Å². The van der Waals surface area contributed by atoms with E-state index in [-0.39, 0.29) is 11.6 Å². The summed E-state index contributed by atoms with van der Waals surface area (Å²) in [6, 6.07) is 7.15. The van der Waals surface area contributed by atoms with Crippen LogP contribution in [0.3, 0.4) is 0 Å². The maximum absolute atomic E-state index is 12.5. The number of alkyl halides is 3. The molecule has 138 valence electrons. The zero-order valence-corrected chi connectivity index (χ0v) is 13.8. The van der Waals surface area contributed by atoms with E-state index in [0.717, 1.165) is 29.3 Å². The summed E-state index contributed by atoms with van der Waals surface area (Å²) in [4.78, 5) is 24.4. The van der Waals surface area contributed by atoms with Gasteiger partial charge in [-0.1, -0.05) is 12.1 Å². The van der Waals surface area contributed by atoms with Crippen molar-refractivity contribution in [3.8, 4) is 5.75 Å². The molecule has 1 N–H and O–H groups in total. The maximum atomic E-state index is 12.5. The Morgan fingerprint density at radius 2 is 1.96 bits per heavy atom. The molecule has 3 rings (SSSR count). The molecule has 6 nitrogen and oxygen atoms in total. The van der Waals surface area contributed by atoms with Gasteiger partial charge in [0.15, 0.2) is 5.75 Å². The van der Waals surface area contributed by atoms with Gasteiger partial charge in [0, 0.05) is 12.0 Å². The molecule has 1 amide bonds. The number of nitrogens with one attached hydrogen (secondary N) is 1. The summed E-state index contributed by atoms with van der Waals surface area (Å²) in [6.45, 7) is 1.45. The second-order valence-electron chi connectivity index (χ2n) is 6.02. The Bertz CT molecular complexity index is 875. The number of ether oxygens (including phenoxy) is 1. The predicted octanol–water partition coefficient (Wildman–Crippen LogP) is 3.22. The fourth-order valence-electron chi connectivity index (χ4n) is 2.45. The van der Waals surface area contributed by atoms with Crippen LogP contribution in [0.25, 0.3) is 0 Å². The fourth-order valence-corrected chi connectivity index (χ4v) is 2.45. The van der Waals surface area contributed by atoms with Crippen molar-refractivity contribution >= 4 is 11.6 Å². The molecule has 0 radical (unpaired) electrons. The summed E-state index contributed by atoms with van der Waals surface area (Å²) in [6.07, 6.45) is -2.93. The lowest BCUT2D eigenvalue weighted by molar-refractivity contribution is -0.274. The molecule has 1 aromatic heterocycles. The molecule has 0 saturated heterocycles. The van der Waals surface area contributed by atoms with Gasteiger partial charge < -0.3 is 10.1 Å². The quantitative estimate of drug-likeness (QED) is 0.881. The van der Waals surface area contributed by atoms with Gasteiger partial charge >= 0.3 is 6.36 Å². The first-order chi connectivity index (χ1) is 12.2. The minimum atomic E-state index is -4.89. The van der Waals surface area contributed by atoms with Crippen LogP contribution in [-0.2, 0) is 4.79 Å². The van der Waals surface area contributed by atoms with E-state index in [0.29, 0.717) is 0 Å². The van der Waals surface area contributed by atoms with Crippen molar-refractivity contribution < 1.29 is 22.7 Å². The van der Waals surface area contributed by atoms with Gasteiger partial charge in [-0.3, -0.25) is 9.59 Å². The third kappa shape index (κ3) is 4.22. The van der Waals surface area contributed by atoms with E-state index < -0.39 is 29.6 Å². The van der Waals surface area contributed by atoms with Gasteiger partial charge in [0.2, 0.25) is 5.91 Å². The molecule has 1 aromatic carbocycles. The molecule has 2 aromatic rings. The molecule has 1 unspecified atom stereocenters. The Labute approximate surface area is 146 Å². The molecule has 0 aliphatic heterocycles. The summed E-state index contributed by atoms with van der Waals surface area (Å²) in [5.41, 5.74) is 0.120. The van der Waals surface area contributed by atoms with Gasteiger partial charge in [-0.15, -0.1) is 13.2 Å². The number of amides is 1. The number of hydrogen-bond acceptors (Lipinski definition) is 4. The van der Waals surface area contributed by atoms with Crippen molar-refractivity contribution in [2.24, 2.45) is 0 Å². The molecule has 1 atom stereocenters. The summed E-state index contributed by atoms with van der Waals surface area (Å²) in [7, 11) is 0. The number of halogens is 3. The minimum absolute atomic E-state index is 0.145. The van der Waals surface area contributed by atoms with Crippen molar-refractivity contribution in [3.63, 3.8) is 0 Å². The lowest BCUT2D eigenvalue weighted by Crippen LogP contribution is -2.33. The molecular formula is C17H16F3N3O3. The number of para-hydroxylation sites is 2. The molecule has 1 aliphatic carbocycles. The SMILES string of the molecule is CC(C(=O)Nc1ccccc1OC(F)(F)F)n1nc(C2CC2)ccc1=O. The van der Waals surface area contributed by atoms with Crippen LogP contribution in [0.1, 0.15) is 37.4 Å². The van der Waals surface area contributed by atoms with E-state index in [2.05, 4.69) is 15.2 Å². The molecule has 1 saturated carbocycles. The van der Waals surface area contributed by atoms with Gasteiger partial charge in [0.25, 0.3) is 5.56 Å². The first kappa shape index (κ1) is 18.0. The average Bonchev–Trinajstić information content (AvgIpc) is 3.40. The molecule has 1 fully saturated rings. The lowest BCUT2D eigenvalue weighted by Gasteiger charge is -2.17. The van der Waals surface area contributed by atoms with Crippen LogP contribution in [0.4, 0.5) is 18.9 Å². The molecule has 0 spiro atoms. The minimum Gasteiger partial charge on any atom is -0.404 e. The summed E-state index contributed by atoms with van der Waals surface area (Å²) in [5, 5.41) is 6.57. The molecule has 1 aliphatic rings. The van der Waals surface area contributed by atoms with Gasteiger partial charge in [0.1, 0.15) is 6.04 Å². The van der Waals surface area contributed by atoms with Crippen molar-refractivity contribution in [2.75, 3.05) is 5.32 Å². The largest absolute Gasteiger partial charge is 0.573 e. The Morgan fingerprint density at radius 3 is 2.62 bits per heavy atom. The lowest BCUT2D eigenvalue weighted by atomic mass is 10.2. The molecular weight excluding hydrogens is 351 g/mol. The van der Waals surface area contributed by atoms with Crippen molar-refractivity contribution in [1.29, 1.82) is 0 Å². The van der Waals surface area contributed by atoms with Gasteiger partial charge in [-0.05, 0) is 38.0 Å². The normalized spacial score (nSPS) is 15.4. The number of aromatic nitrogens is 2. The second-order valence-corrected chi connectivity index (χ2v) is 6.02. The van der Waals surface area contributed by atoms with E-state index in [1.807, 2.05) is 0 Å². The Morgan fingerprint density at radius 1 is 1.27 bits per heavy atom. The zero-order valence-electron chi connectivity index (χ0n) is 13.8. The Balaban J connectivity index is 1.80. The molecule has 26 heavy (non-hydrogen) atoms. The third-order valence-corrected chi connectivity index (χ3v) is 3.96. The van der Waals surface area contributed by atoms with Gasteiger partial charge in [-0.25, -0.2) is 4.68 Å². The number of rotatable bonds is 5. The maximum Gasteiger partial charge on any atom is 0.573 e. The zero-order chi connectivity index (χ0) is 18.9. The number of benzene rings is 1. The van der Waals surface area contributed by atoms with Crippen LogP contribution >= 0.6 is 0 Å². The van der Waals surface area contributed by atoms with Crippen LogP contribution in [0, 0.1) is 0 Å². The van der Waals surface area contributed by atoms with E-state index in [9.17, 15) is 22.8 Å². The van der Waals surface area contributed by atoms with E-state index in [1.165, 1.54) is 31.2 Å². The highest BCUT2D eigenvalue weighted by molar-refractivity contribution is 5.94. The topological polar surface area (TPSA) is 73.2 Å². The number of carbonyl (C=O) groups excluding carboxylic acids is 1. The Hall–Kier alpha value is -2.84. The number of hydrogen-bond donors (Lipinski definition) is 1. The second kappa shape index (κ2) is 6.81. The van der Waals surface area contributed by atoms with Gasteiger partial charge in [-0.2, -0.15) is 5.10 Å². The predicted molar refractivity (Wildman–Crippen MR) is 86.9 cm³/mol. The monoisotopic (exact) mass is 367 g/mol. The third-order valence-electron chi connectivity index (χ3n) is 3.96. The summed E-state index contributed by atoms with van der Waals surface area (Å²) >= 11 is 0. The first-order valence-corrected chi connectivity index (χ1v) is 8.00. The van der Waals surface area contributed by atoms with Gasteiger partial charge in [0.05, 0.1) is 11.4 Å². The smallest absolute Gasteiger partial charge is 0.404 e. The van der Waals surface area contributed by atoms with Crippen LogP contribution in [0.15, 0.2) is 41.2 Å². The molecule has 1 heterocycles. The number of nitrogens with zero attached hydrogens (tertiary/aromatic N) is 2. The van der Waals surface area contributed by atoms with Crippen LogP contribution in [0.2, 0.25) is 0 Å². The van der Waals surface area contributed by atoms with E-state index >= 15 is 0 Å².